The third-order valence-electron chi connectivity index (χ3n) is 5.05. The fourth-order valence-electron chi connectivity index (χ4n) is 3.59. The first-order valence-electron chi connectivity index (χ1n) is 8.83. The Kier molecular flexibility index (Phi) is 4.82. The highest BCUT2D eigenvalue weighted by Crippen LogP contribution is 2.32. The molecule has 1 N–H and O–H groups in total. The van der Waals surface area contributed by atoms with Gasteiger partial charge in [-0.2, -0.15) is 4.98 Å². The van der Waals surface area contributed by atoms with Crippen LogP contribution in [0.15, 0.2) is 22.0 Å². The topological polar surface area (TPSA) is 74.5 Å². The lowest BCUT2D eigenvalue weighted by Gasteiger charge is -2.33. The highest BCUT2D eigenvalue weighted by molar-refractivity contribution is 7.12. The van der Waals surface area contributed by atoms with Crippen LogP contribution < -0.4 is 5.32 Å². The summed E-state index contributed by atoms with van der Waals surface area (Å²) in [4.78, 5) is 22.4. The SMILES string of the molecule is CN1CCNCC1c1noc(C2CCCCN2C(=O)c2cccs2)n1. The van der Waals surface area contributed by atoms with Gasteiger partial charge < -0.3 is 14.7 Å². The van der Waals surface area contributed by atoms with Crippen molar-refractivity contribution < 1.29 is 9.32 Å². The molecule has 2 aliphatic heterocycles. The lowest BCUT2D eigenvalue weighted by molar-refractivity contribution is 0.0566. The van der Waals surface area contributed by atoms with Crippen molar-refractivity contribution in [3.8, 4) is 0 Å². The molecule has 0 radical (unpaired) electrons. The summed E-state index contributed by atoms with van der Waals surface area (Å²) in [6, 6.07) is 3.79. The first-order valence-corrected chi connectivity index (χ1v) is 9.71. The molecule has 2 aromatic rings. The van der Waals surface area contributed by atoms with E-state index in [0.29, 0.717) is 11.7 Å². The minimum atomic E-state index is -0.119. The highest BCUT2D eigenvalue weighted by Gasteiger charge is 2.34. The van der Waals surface area contributed by atoms with Gasteiger partial charge in [-0.05, 0) is 37.8 Å². The van der Waals surface area contributed by atoms with E-state index < -0.39 is 0 Å². The normalized spacial score (nSPS) is 25.2. The Morgan fingerprint density at radius 1 is 1.36 bits per heavy atom. The molecule has 2 fully saturated rings. The van der Waals surface area contributed by atoms with Gasteiger partial charge in [-0.15, -0.1) is 11.3 Å². The van der Waals surface area contributed by atoms with E-state index in [-0.39, 0.29) is 18.0 Å². The molecule has 2 aliphatic rings. The second kappa shape index (κ2) is 7.23. The number of carbonyl (C=O) groups is 1. The predicted molar refractivity (Wildman–Crippen MR) is 94.5 cm³/mol. The van der Waals surface area contributed by atoms with Crippen molar-refractivity contribution >= 4 is 17.2 Å². The second-order valence-corrected chi connectivity index (χ2v) is 7.63. The standard InChI is InChI=1S/C17H23N5O2S/c1-21-9-7-18-11-13(21)15-19-16(24-20-15)12-5-2-3-8-22(12)17(23)14-6-4-10-25-14/h4,6,10,12-13,18H,2-3,5,7-9,11H2,1H3. The minimum Gasteiger partial charge on any atom is -0.337 e. The van der Waals surface area contributed by atoms with Crippen molar-refractivity contribution in [3.63, 3.8) is 0 Å². The molecule has 2 unspecified atom stereocenters. The molecule has 4 heterocycles. The monoisotopic (exact) mass is 361 g/mol. The van der Waals surface area contributed by atoms with Gasteiger partial charge in [0, 0.05) is 26.2 Å². The maximum atomic E-state index is 12.8. The van der Waals surface area contributed by atoms with E-state index in [0.717, 1.165) is 50.3 Å². The summed E-state index contributed by atoms with van der Waals surface area (Å²) in [5.74, 6) is 1.34. The van der Waals surface area contributed by atoms with E-state index in [1.807, 2.05) is 22.4 Å². The van der Waals surface area contributed by atoms with Crippen LogP contribution >= 0.6 is 11.3 Å². The summed E-state index contributed by atoms with van der Waals surface area (Å²) in [5.41, 5.74) is 0. The first-order chi connectivity index (χ1) is 12.2. The summed E-state index contributed by atoms with van der Waals surface area (Å²) < 4.78 is 5.60. The van der Waals surface area contributed by atoms with Crippen molar-refractivity contribution in [1.82, 2.24) is 25.3 Å². The Bertz CT molecular complexity index is 716. The molecule has 0 aliphatic carbocycles. The molecule has 8 heteroatoms. The van der Waals surface area contributed by atoms with Gasteiger partial charge in [-0.1, -0.05) is 11.2 Å². The van der Waals surface area contributed by atoms with Gasteiger partial charge in [0.05, 0.1) is 10.9 Å². The van der Waals surface area contributed by atoms with Crippen LogP contribution in [0.5, 0.6) is 0 Å². The quantitative estimate of drug-likeness (QED) is 0.902. The number of rotatable bonds is 3. The number of hydrogen-bond donors (Lipinski definition) is 1. The number of nitrogens with one attached hydrogen (secondary N) is 1. The van der Waals surface area contributed by atoms with Crippen molar-refractivity contribution in [2.24, 2.45) is 0 Å². The van der Waals surface area contributed by atoms with Gasteiger partial charge in [0.1, 0.15) is 6.04 Å². The highest BCUT2D eigenvalue weighted by atomic mass is 32.1. The number of piperazine rings is 1. The van der Waals surface area contributed by atoms with Gasteiger partial charge in [0.25, 0.3) is 5.91 Å². The minimum absolute atomic E-state index is 0.0656. The maximum absolute atomic E-state index is 12.8. The van der Waals surface area contributed by atoms with E-state index in [1.54, 1.807) is 0 Å². The number of carbonyl (C=O) groups excluding carboxylic acids is 1. The smallest absolute Gasteiger partial charge is 0.264 e. The molecular weight excluding hydrogens is 338 g/mol. The molecule has 0 aromatic carbocycles. The van der Waals surface area contributed by atoms with Crippen LogP contribution in [0, 0.1) is 0 Å². The van der Waals surface area contributed by atoms with Crippen molar-refractivity contribution in [2.75, 3.05) is 33.2 Å². The van der Waals surface area contributed by atoms with Crippen LogP contribution in [0.1, 0.15) is 52.7 Å². The lowest BCUT2D eigenvalue weighted by Crippen LogP contribution is -2.44. The molecule has 0 saturated carbocycles. The van der Waals surface area contributed by atoms with Gasteiger partial charge in [0.15, 0.2) is 5.82 Å². The number of thiophene rings is 1. The van der Waals surface area contributed by atoms with Crippen molar-refractivity contribution in [1.29, 1.82) is 0 Å². The van der Waals surface area contributed by atoms with E-state index in [9.17, 15) is 4.79 Å². The molecule has 0 bridgehead atoms. The summed E-state index contributed by atoms with van der Waals surface area (Å²) >= 11 is 1.48. The Balaban J connectivity index is 1.56. The number of likely N-dealkylation sites (tertiary alicyclic amines) is 1. The molecule has 1 amide bonds. The third kappa shape index (κ3) is 3.33. The van der Waals surface area contributed by atoms with Crippen LogP contribution in [0.3, 0.4) is 0 Å². The summed E-state index contributed by atoms with van der Waals surface area (Å²) in [6.45, 7) is 3.49. The van der Waals surface area contributed by atoms with Crippen molar-refractivity contribution in [2.45, 2.75) is 31.3 Å². The molecule has 2 saturated heterocycles. The maximum Gasteiger partial charge on any atom is 0.264 e. The Hall–Kier alpha value is -1.77. The van der Waals surface area contributed by atoms with Gasteiger partial charge >= 0.3 is 0 Å². The number of amides is 1. The molecule has 134 valence electrons. The van der Waals surface area contributed by atoms with Crippen LogP contribution in [0.25, 0.3) is 0 Å². The van der Waals surface area contributed by atoms with Crippen LogP contribution in [-0.4, -0.2) is 59.1 Å². The largest absolute Gasteiger partial charge is 0.337 e. The first kappa shape index (κ1) is 16.7. The number of aromatic nitrogens is 2. The zero-order valence-corrected chi connectivity index (χ0v) is 15.2. The number of likely N-dealkylation sites (N-methyl/N-ethyl adjacent to an activating group) is 1. The molecule has 4 rings (SSSR count). The Labute approximate surface area is 151 Å². The van der Waals surface area contributed by atoms with Crippen LogP contribution in [0.4, 0.5) is 0 Å². The zero-order valence-electron chi connectivity index (χ0n) is 14.4. The number of hydrogen-bond acceptors (Lipinski definition) is 7. The van der Waals surface area contributed by atoms with E-state index in [4.69, 9.17) is 4.52 Å². The average molecular weight is 361 g/mol. The molecular formula is C17H23N5O2S. The van der Waals surface area contributed by atoms with E-state index >= 15 is 0 Å². The Morgan fingerprint density at radius 2 is 2.28 bits per heavy atom. The fourth-order valence-corrected chi connectivity index (χ4v) is 4.26. The lowest BCUT2D eigenvalue weighted by atomic mass is 10.0. The summed E-state index contributed by atoms with van der Waals surface area (Å²) in [5, 5.41) is 9.52. The molecule has 7 nitrogen and oxygen atoms in total. The van der Waals surface area contributed by atoms with E-state index in [1.165, 1.54) is 11.3 Å². The molecule has 25 heavy (non-hydrogen) atoms. The number of piperidine rings is 1. The molecule has 0 spiro atoms. The third-order valence-corrected chi connectivity index (χ3v) is 5.91. The van der Waals surface area contributed by atoms with Gasteiger partial charge in [-0.3, -0.25) is 9.69 Å². The summed E-state index contributed by atoms with van der Waals surface area (Å²) in [7, 11) is 2.08. The predicted octanol–water partition coefficient (Wildman–Crippen LogP) is 2.07. The summed E-state index contributed by atoms with van der Waals surface area (Å²) in [6.07, 6.45) is 2.96. The fraction of sp³-hybridized carbons (Fsp3) is 0.588. The van der Waals surface area contributed by atoms with Crippen LogP contribution in [-0.2, 0) is 0 Å². The average Bonchev–Trinajstić information content (AvgIpc) is 3.34. The molecule has 2 atom stereocenters. The van der Waals surface area contributed by atoms with Gasteiger partial charge in [0.2, 0.25) is 5.89 Å². The second-order valence-electron chi connectivity index (χ2n) is 6.68. The molecule has 2 aromatic heterocycles. The van der Waals surface area contributed by atoms with E-state index in [2.05, 4.69) is 27.4 Å². The van der Waals surface area contributed by atoms with Gasteiger partial charge in [-0.25, -0.2) is 0 Å². The zero-order chi connectivity index (χ0) is 17.2. The van der Waals surface area contributed by atoms with Crippen molar-refractivity contribution in [3.05, 3.63) is 34.1 Å². The number of nitrogens with zero attached hydrogens (tertiary/aromatic N) is 4. The Morgan fingerprint density at radius 3 is 3.08 bits per heavy atom. The van der Waals surface area contributed by atoms with Crippen LogP contribution in [0.2, 0.25) is 0 Å².